The van der Waals surface area contributed by atoms with Crippen molar-refractivity contribution in [3.63, 3.8) is 0 Å². The van der Waals surface area contributed by atoms with Gasteiger partial charge in [-0.3, -0.25) is 0 Å². The lowest BCUT2D eigenvalue weighted by atomic mass is 10.0. The molecule has 0 bridgehead atoms. The normalized spacial score (nSPS) is 12.4. The zero-order valence-corrected chi connectivity index (χ0v) is 23.0. The minimum Gasteiger partial charge on any atom is -1.00 e. The third kappa shape index (κ3) is 12.5. The molecule has 0 aliphatic carbocycles. The molecule has 0 saturated heterocycles. The van der Waals surface area contributed by atoms with Crippen molar-refractivity contribution in [3.8, 4) is 0 Å². The molecule has 1 aromatic rings. The number of unbranched alkanes of at least 4 members (excludes halogenated alkanes) is 11. The molecule has 0 saturated carbocycles. The van der Waals surface area contributed by atoms with E-state index in [1.54, 1.807) is 0 Å². The van der Waals surface area contributed by atoms with Crippen LogP contribution in [0, 0.1) is 0 Å². The summed E-state index contributed by atoms with van der Waals surface area (Å²) in [7, 11) is 7.13. The molecule has 3 heteroatoms. The molecule has 1 atom stereocenters. The van der Waals surface area contributed by atoms with Crippen molar-refractivity contribution in [2.45, 2.75) is 110 Å². The summed E-state index contributed by atoms with van der Waals surface area (Å²) < 4.78 is 1.09. The van der Waals surface area contributed by atoms with Crippen molar-refractivity contribution in [1.29, 1.82) is 0 Å². The molecule has 30 heavy (non-hydrogen) atoms. The second-order valence-electron chi connectivity index (χ2n) is 9.61. The van der Waals surface area contributed by atoms with E-state index in [1.807, 2.05) is 0 Å². The maximum Gasteiger partial charge on any atom is 0.164 e. The van der Waals surface area contributed by atoms with Gasteiger partial charge in [0.25, 0.3) is 0 Å². The number of para-hydroxylation sites is 1. The van der Waals surface area contributed by atoms with Crippen molar-refractivity contribution < 1.29 is 28.5 Å². The summed E-state index contributed by atoms with van der Waals surface area (Å²) >= 11 is 0. The summed E-state index contributed by atoms with van der Waals surface area (Å²) in [5.41, 5.74) is 1.34. The molecule has 0 spiro atoms. The Morgan fingerprint density at radius 1 is 0.700 bits per heavy atom. The standard InChI is InChI=1S/C27H51N2.HI/c1-6-8-9-10-11-12-13-14-15-16-17-21-25-29(4,5)27(22-7-2)28(3)26-23-19-18-20-24-26;/h18-20,23-24,27H,6-17,21-22,25H2,1-5H3;1H/q+1;/p-1. The average molecular weight is 531 g/mol. The summed E-state index contributed by atoms with van der Waals surface area (Å²) in [4.78, 5) is 2.50. The van der Waals surface area contributed by atoms with Crippen LogP contribution in [0.4, 0.5) is 5.69 Å². The highest BCUT2D eigenvalue weighted by molar-refractivity contribution is 5.45. The highest BCUT2D eigenvalue weighted by Crippen LogP contribution is 2.24. The minimum atomic E-state index is 0. The molecule has 0 N–H and O–H groups in total. The summed E-state index contributed by atoms with van der Waals surface area (Å²) in [5.74, 6) is 0. The second-order valence-corrected chi connectivity index (χ2v) is 9.61. The molecule has 0 aromatic heterocycles. The fourth-order valence-corrected chi connectivity index (χ4v) is 4.61. The zero-order valence-electron chi connectivity index (χ0n) is 20.8. The molecule has 0 aliphatic rings. The molecular formula is C27H51IN2. The van der Waals surface area contributed by atoms with Crippen LogP contribution in [-0.4, -0.2) is 38.3 Å². The van der Waals surface area contributed by atoms with Gasteiger partial charge in [0.2, 0.25) is 0 Å². The average Bonchev–Trinajstić information content (AvgIpc) is 2.72. The van der Waals surface area contributed by atoms with Crippen LogP contribution in [0.5, 0.6) is 0 Å². The van der Waals surface area contributed by atoms with E-state index in [0.717, 1.165) is 4.48 Å². The zero-order chi connectivity index (χ0) is 21.4. The number of hydrogen-bond donors (Lipinski definition) is 0. The van der Waals surface area contributed by atoms with E-state index in [4.69, 9.17) is 0 Å². The summed E-state index contributed by atoms with van der Waals surface area (Å²) in [6, 6.07) is 10.9. The van der Waals surface area contributed by atoms with Gasteiger partial charge >= 0.3 is 0 Å². The van der Waals surface area contributed by atoms with E-state index in [2.05, 4.69) is 70.2 Å². The Kier molecular flexibility index (Phi) is 18.1. The number of halogens is 1. The predicted octanol–water partition coefficient (Wildman–Crippen LogP) is 5.03. The van der Waals surface area contributed by atoms with Gasteiger partial charge in [-0.2, -0.15) is 0 Å². The summed E-state index contributed by atoms with van der Waals surface area (Å²) in [6.07, 6.45) is 20.1. The molecule has 1 rings (SSSR count). The van der Waals surface area contributed by atoms with E-state index in [-0.39, 0.29) is 24.0 Å². The van der Waals surface area contributed by atoms with Gasteiger partial charge in [0, 0.05) is 19.2 Å². The third-order valence-corrected chi connectivity index (χ3v) is 6.55. The number of rotatable bonds is 18. The van der Waals surface area contributed by atoms with Gasteiger partial charge in [-0.1, -0.05) is 96.3 Å². The maximum absolute atomic E-state index is 2.50. The first-order valence-corrected chi connectivity index (χ1v) is 12.6. The van der Waals surface area contributed by atoms with Gasteiger partial charge in [-0.05, 0) is 31.4 Å². The number of quaternary nitrogens is 1. The molecule has 176 valence electrons. The van der Waals surface area contributed by atoms with Gasteiger partial charge in [0.05, 0.1) is 20.6 Å². The Hall–Kier alpha value is -0.290. The van der Waals surface area contributed by atoms with E-state index < -0.39 is 0 Å². The number of hydrogen-bond acceptors (Lipinski definition) is 1. The maximum atomic E-state index is 2.50. The molecule has 0 radical (unpaired) electrons. The van der Waals surface area contributed by atoms with Gasteiger partial charge in [0.1, 0.15) is 0 Å². The Morgan fingerprint density at radius 3 is 1.63 bits per heavy atom. The Balaban J connectivity index is 0.00000841. The topological polar surface area (TPSA) is 3.24 Å². The fourth-order valence-electron chi connectivity index (χ4n) is 4.61. The smallest absolute Gasteiger partial charge is 0.164 e. The molecule has 1 unspecified atom stereocenters. The Morgan fingerprint density at radius 2 is 1.17 bits per heavy atom. The molecule has 0 amide bonds. The van der Waals surface area contributed by atoms with E-state index in [9.17, 15) is 0 Å². The predicted molar refractivity (Wildman–Crippen MR) is 132 cm³/mol. The van der Waals surface area contributed by atoms with Gasteiger partial charge < -0.3 is 33.4 Å². The first-order chi connectivity index (χ1) is 14.0. The molecular weight excluding hydrogens is 479 g/mol. The molecule has 0 fully saturated rings. The van der Waals surface area contributed by atoms with Gasteiger partial charge in [-0.15, -0.1) is 0 Å². The molecule has 0 heterocycles. The molecule has 1 aromatic carbocycles. The minimum absolute atomic E-state index is 0. The van der Waals surface area contributed by atoms with Gasteiger partial charge in [0.15, 0.2) is 6.17 Å². The van der Waals surface area contributed by atoms with Crippen LogP contribution in [0.1, 0.15) is 104 Å². The SMILES string of the molecule is CCCCCCCCCCCCCC[N+](C)(C)C(CCC)N(C)c1ccccc1.[I-]. The lowest BCUT2D eigenvalue weighted by Gasteiger charge is -2.43. The quantitative estimate of drug-likeness (QED) is 0.111. The Bertz CT molecular complexity index is 489. The van der Waals surface area contributed by atoms with Crippen molar-refractivity contribution >= 4 is 5.69 Å². The fraction of sp³-hybridized carbons (Fsp3) is 0.778. The lowest BCUT2D eigenvalue weighted by Crippen LogP contribution is -3.00. The number of anilines is 1. The number of nitrogens with zero attached hydrogens (tertiary/aromatic N) is 2. The summed E-state index contributed by atoms with van der Waals surface area (Å²) in [6.45, 7) is 5.89. The summed E-state index contributed by atoms with van der Waals surface area (Å²) in [5, 5.41) is 0. The Labute approximate surface area is 206 Å². The second kappa shape index (κ2) is 18.3. The van der Waals surface area contributed by atoms with Crippen molar-refractivity contribution in [3.05, 3.63) is 30.3 Å². The highest BCUT2D eigenvalue weighted by atomic mass is 127. The highest BCUT2D eigenvalue weighted by Gasteiger charge is 2.30. The molecule has 2 nitrogen and oxygen atoms in total. The van der Waals surface area contributed by atoms with Crippen LogP contribution in [0.2, 0.25) is 0 Å². The molecule has 0 aliphatic heterocycles. The first kappa shape index (κ1) is 29.7. The van der Waals surface area contributed by atoms with E-state index in [1.165, 1.54) is 102 Å². The lowest BCUT2D eigenvalue weighted by molar-refractivity contribution is -0.914. The van der Waals surface area contributed by atoms with Crippen molar-refractivity contribution in [2.24, 2.45) is 0 Å². The van der Waals surface area contributed by atoms with Crippen LogP contribution in [0.3, 0.4) is 0 Å². The van der Waals surface area contributed by atoms with Crippen LogP contribution in [-0.2, 0) is 0 Å². The largest absolute Gasteiger partial charge is 1.00 e. The van der Waals surface area contributed by atoms with E-state index >= 15 is 0 Å². The van der Waals surface area contributed by atoms with Crippen LogP contribution in [0.15, 0.2) is 30.3 Å². The van der Waals surface area contributed by atoms with Crippen LogP contribution in [0.25, 0.3) is 0 Å². The third-order valence-electron chi connectivity index (χ3n) is 6.55. The van der Waals surface area contributed by atoms with Crippen molar-refractivity contribution in [2.75, 3.05) is 32.6 Å². The van der Waals surface area contributed by atoms with Crippen LogP contribution < -0.4 is 28.9 Å². The van der Waals surface area contributed by atoms with Crippen LogP contribution >= 0.6 is 0 Å². The number of benzene rings is 1. The van der Waals surface area contributed by atoms with E-state index in [0.29, 0.717) is 6.17 Å². The van der Waals surface area contributed by atoms with Crippen molar-refractivity contribution in [1.82, 2.24) is 0 Å². The monoisotopic (exact) mass is 530 g/mol. The van der Waals surface area contributed by atoms with Gasteiger partial charge in [-0.25, -0.2) is 0 Å². The first-order valence-electron chi connectivity index (χ1n) is 12.6.